The first-order valence-electron chi connectivity index (χ1n) is 10.7. The monoisotopic (exact) mass is 466 g/mol. The highest BCUT2D eigenvalue weighted by Gasteiger charge is 2.27. The fraction of sp³-hybridized carbons (Fsp3) is 0.250. The van der Waals surface area contributed by atoms with E-state index in [1.54, 1.807) is 35.0 Å². The first-order valence-corrected chi connectivity index (χ1v) is 10.7. The first kappa shape index (κ1) is 21.9. The molecule has 0 unspecified atom stereocenters. The minimum Gasteiger partial charge on any atom is -0.493 e. The standard InChI is InChI=1S/C24H21F3N6O/c1-14-12-32(13-29-14)24-20(34-2)8-15(11-28-24)5-6-21-30-23-17(4-3-7-33(23)31-21)16-9-18(25)22(27)19(26)10-16/h5-6,8-13,17H,3-4,7H2,1-2H3/b6-5+/t17-/m0/s1. The van der Waals surface area contributed by atoms with Crippen LogP contribution in [0.25, 0.3) is 18.0 Å². The Morgan fingerprint density at radius 3 is 2.59 bits per heavy atom. The Morgan fingerprint density at radius 2 is 1.88 bits per heavy atom. The van der Waals surface area contributed by atoms with Crippen molar-refractivity contribution in [2.75, 3.05) is 7.11 Å². The third-order valence-electron chi connectivity index (χ3n) is 5.75. The molecule has 0 radical (unpaired) electrons. The maximum atomic E-state index is 13.8. The van der Waals surface area contributed by atoms with E-state index in [1.165, 1.54) is 0 Å². The summed E-state index contributed by atoms with van der Waals surface area (Å²) in [5.74, 6) is -1.99. The fourth-order valence-corrected chi connectivity index (χ4v) is 4.13. The second kappa shape index (κ2) is 8.77. The van der Waals surface area contributed by atoms with E-state index in [-0.39, 0.29) is 5.92 Å². The third kappa shape index (κ3) is 4.07. The first-order chi connectivity index (χ1) is 16.4. The molecule has 4 aromatic rings. The van der Waals surface area contributed by atoms with Gasteiger partial charge in [-0.15, -0.1) is 0 Å². The number of aryl methyl sites for hydroxylation is 2. The van der Waals surface area contributed by atoms with Gasteiger partial charge in [-0.1, -0.05) is 0 Å². The SMILES string of the molecule is COc1cc(/C=C/c2nc3n(n2)CCC[C@H]3c2cc(F)c(F)c(F)c2)cnc1-n1cnc(C)c1. The van der Waals surface area contributed by atoms with Crippen LogP contribution in [0.15, 0.2) is 36.9 Å². The summed E-state index contributed by atoms with van der Waals surface area (Å²) in [6, 6.07) is 3.91. The molecule has 1 atom stereocenters. The Bertz CT molecular complexity index is 1370. The Kier molecular flexibility index (Phi) is 5.64. The molecular weight excluding hydrogens is 445 g/mol. The highest BCUT2D eigenvalue weighted by molar-refractivity contribution is 5.67. The zero-order valence-corrected chi connectivity index (χ0v) is 18.5. The van der Waals surface area contributed by atoms with Crippen molar-refractivity contribution in [3.05, 3.63) is 82.8 Å². The van der Waals surface area contributed by atoms with Crippen molar-refractivity contribution in [2.45, 2.75) is 32.2 Å². The van der Waals surface area contributed by atoms with E-state index in [9.17, 15) is 13.2 Å². The van der Waals surface area contributed by atoms with Crippen LogP contribution in [0.1, 0.15) is 47.2 Å². The van der Waals surface area contributed by atoms with Crippen LogP contribution in [-0.4, -0.2) is 36.4 Å². The summed E-state index contributed by atoms with van der Waals surface area (Å²) in [4.78, 5) is 13.3. The molecule has 1 aliphatic heterocycles. The number of imidazole rings is 1. The summed E-state index contributed by atoms with van der Waals surface area (Å²) in [6.07, 6.45) is 10.2. The number of halogens is 3. The van der Waals surface area contributed by atoms with Crippen LogP contribution < -0.4 is 4.74 Å². The lowest BCUT2D eigenvalue weighted by molar-refractivity contribution is 0.410. The summed E-state index contributed by atoms with van der Waals surface area (Å²) in [5, 5.41) is 4.51. The van der Waals surface area contributed by atoms with Crippen LogP contribution in [0.5, 0.6) is 5.75 Å². The molecule has 0 saturated heterocycles. The van der Waals surface area contributed by atoms with Crippen molar-refractivity contribution in [3.8, 4) is 11.6 Å². The second-order valence-electron chi connectivity index (χ2n) is 8.09. The van der Waals surface area contributed by atoms with Crippen molar-refractivity contribution >= 4 is 12.2 Å². The van der Waals surface area contributed by atoms with Crippen molar-refractivity contribution in [1.29, 1.82) is 0 Å². The van der Waals surface area contributed by atoms with E-state index >= 15 is 0 Å². The molecule has 10 heteroatoms. The number of aromatic nitrogens is 6. The van der Waals surface area contributed by atoms with E-state index in [2.05, 4.69) is 20.1 Å². The maximum Gasteiger partial charge on any atom is 0.194 e. The van der Waals surface area contributed by atoms with Crippen LogP contribution in [0.3, 0.4) is 0 Å². The Morgan fingerprint density at radius 1 is 1.09 bits per heavy atom. The average Bonchev–Trinajstić information content (AvgIpc) is 3.46. The predicted octanol–water partition coefficient (Wildman–Crippen LogP) is 4.69. The Hall–Kier alpha value is -3.95. The summed E-state index contributed by atoms with van der Waals surface area (Å²) in [7, 11) is 1.57. The van der Waals surface area contributed by atoms with Crippen molar-refractivity contribution < 1.29 is 17.9 Å². The van der Waals surface area contributed by atoms with Gasteiger partial charge >= 0.3 is 0 Å². The van der Waals surface area contributed by atoms with Gasteiger partial charge in [0.2, 0.25) is 0 Å². The topological polar surface area (TPSA) is 70.7 Å². The number of pyridine rings is 1. The smallest absolute Gasteiger partial charge is 0.194 e. The summed E-state index contributed by atoms with van der Waals surface area (Å²) in [5.41, 5.74) is 2.00. The van der Waals surface area contributed by atoms with E-state index in [4.69, 9.17) is 4.74 Å². The van der Waals surface area contributed by atoms with Crippen LogP contribution in [-0.2, 0) is 6.54 Å². The predicted molar refractivity (Wildman–Crippen MR) is 119 cm³/mol. The highest BCUT2D eigenvalue weighted by Crippen LogP contribution is 2.33. The minimum atomic E-state index is -1.47. The van der Waals surface area contributed by atoms with Gasteiger partial charge in [0, 0.05) is 24.9 Å². The fourth-order valence-electron chi connectivity index (χ4n) is 4.13. The lowest BCUT2D eigenvalue weighted by atomic mass is 9.91. The minimum absolute atomic E-state index is 0.347. The van der Waals surface area contributed by atoms with Crippen molar-refractivity contribution in [2.24, 2.45) is 0 Å². The van der Waals surface area contributed by atoms with E-state index in [0.29, 0.717) is 41.7 Å². The average molecular weight is 466 g/mol. The molecule has 4 heterocycles. The van der Waals surface area contributed by atoms with Gasteiger partial charge in [-0.2, -0.15) is 5.10 Å². The number of methoxy groups -OCH3 is 1. The van der Waals surface area contributed by atoms with Gasteiger partial charge in [0.1, 0.15) is 12.2 Å². The van der Waals surface area contributed by atoms with Gasteiger partial charge < -0.3 is 4.74 Å². The molecule has 1 aromatic carbocycles. The van der Waals surface area contributed by atoms with E-state index in [0.717, 1.165) is 29.8 Å². The molecule has 0 N–H and O–H groups in total. The molecule has 0 aliphatic carbocycles. The number of rotatable bonds is 5. The second-order valence-corrected chi connectivity index (χ2v) is 8.09. The van der Waals surface area contributed by atoms with E-state index < -0.39 is 17.5 Å². The summed E-state index contributed by atoms with van der Waals surface area (Å²) in [6.45, 7) is 2.54. The van der Waals surface area contributed by atoms with Gasteiger partial charge in [0.25, 0.3) is 0 Å². The lowest BCUT2D eigenvalue weighted by Gasteiger charge is -2.22. The largest absolute Gasteiger partial charge is 0.493 e. The van der Waals surface area contributed by atoms with Gasteiger partial charge in [-0.3, -0.25) is 4.57 Å². The molecule has 7 nitrogen and oxygen atoms in total. The molecule has 3 aromatic heterocycles. The lowest BCUT2D eigenvalue weighted by Crippen LogP contribution is -2.18. The van der Waals surface area contributed by atoms with Crippen molar-refractivity contribution in [3.63, 3.8) is 0 Å². The molecule has 0 bridgehead atoms. The molecule has 0 fully saturated rings. The number of hydrogen-bond acceptors (Lipinski definition) is 5. The zero-order valence-electron chi connectivity index (χ0n) is 18.5. The number of ether oxygens (including phenoxy) is 1. The Balaban J connectivity index is 1.42. The van der Waals surface area contributed by atoms with E-state index in [1.807, 2.05) is 25.3 Å². The Labute approximate surface area is 193 Å². The van der Waals surface area contributed by atoms with Crippen LogP contribution >= 0.6 is 0 Å². The highest BCUT2D eigenvalue weighted by atomic mass is 19.2. The normalized spacial score (nSPS) is 15.6. The number of fused-ring (bicyclic) bond motifs is 1. The van der Waals surface area contributed by atoms with Gasteiger partial charge in [-0.25, -0.2) is 32.8 Å². The summed E-state index contributed by atoms with van der Waals surface area (Å²) >= 11 is 0. The van der Waals surface area contributed by atoms with Gasteiger partial charge in [0.15, 0.2) is 34.8 Å². The molecule has 174 valence electrons. The van der Waals surface area contributed by atoms with Crippen LogP contribution in [0.4, 0.5) is 13.2 Å². The van der Waals surface area contributed by atoms with Gasteiger partial charge in [-0.05, 0) is 61.2 Å². The number of benzene rings is 1. The van der Waals surface area contributed by atoms with Crippen molar-refractivity contribution in [1.82, 2.24) is 29.3 Å². The number of nitrogens with zero attached hydrogens (tertiary/aromatic N) is 6. The third-order valence-corrected chi connectivity index (χ3v) is 5.75. The zero-order chi connectivity index (χ0) is 23.8. The molecule has 34 heavy (non-hydrogen) atoms. The molecule has 0 saturated carbocycles. The molecule has 0 amide bonds. The molecule has 1 aliphatic rings. The molecule has 5 rings (SSSR count). The molecule has 0 spiro atoms. The van der Waals surface area contributed by atoms with Gasteiger partial charge in [0.05, 0.1) is 12.8 Å². The quantitative estimate of drug-likeness (QED) is 0.399. The number of hydrogen-bond donors (Lipinski definition) is 0. The summed E-state index contributed by atoms with van der Waals surface area (Å²) < 4.78 is 50.0. The van der Waals surface area contributed by atoms with Crippen LogP contribution in [0.2, 0.25) is 0 Å². The molecular formula is C24H21F3N6O. The maximum absolute atomic E-state index is 13.8. The van der Waals surface area contributed by atoms with Crippen LogP contribution in [0, 0.1) is 24.4 Å².